The van der Waals surface area contributed by atoms with Crippen LogP contribution in [0.25, 0.3) is 0 Å². The van der Waals surface area contributed by atoms with Crippen LogP contribution < -0.4 is 10.6 Å². The first-order valence-electron chi connectivity index (χ1n) is 11.2. The zero-order valence-corrected chi connectivity index (χ0v) is 21.2. The number of amides is 2. The van der Waals surface area contributed by atoms with Crippen molar-refractivity contribution in [2.24, 2.45) is 0 Å². The largest absolute Gasteiger partial charge is 0.478 e. The number of carboxylic acid groups (broad SMARTS) is 1. The molecule has 0 aromatic heterocycles. The summed E-state index contributed by atoms with van der Waals surface area (Å²) in [6.07, 6.45) is 0.242. The highest BCUT2D eigenvalue weighted by atomic mass is 16.6. The van der Waals surface area contributed by atoms with Gasteiger partial charge < -0.3 is 30.0 Å². The molecule has 35 heavy (non-hydrogen) atoms. The van der Waals surface area contributed by atoms with Gasteiger partial charge in [-0.25, -0.2) is 19.2 Å². The number of carbonyl (C=O) groups excluding carboxylic acids is 3. The molecule has 0 bridgehead atoms. The van der Waals surface area contributed by atoms with Gasteiger partial charge in [-0.1, -0.05) is 36.4 Å². The van der Waals surface area contributed by atoms with Crippen LogP contribution in [0, 0.1) is 0 Å². The van der Waals surface area contributed by atoms with Crippen molar-refractivity contribution in [1.82, 2.24) is 10.6 Å². The summed E-state index contributed by atoms with van der Waals surface area (Å²) in [5.41, 5.74) is -0.747. The first-order chi connectivity index (χ1) is 16.2. The van der Waals surface area contributed by atoms with E-state index in [2.05, 4.69) is 15.4 Å². The van der Waals surface area contributed by atoms with Crippen LogP contribution in [0.2, 0.25) is 0 Å². The van der Waals surface area contributed by atoms with E-state index in [9.17, 15) is 24.3 Å². The number of benzene rings is 1. The van der Waals surface area contributed by atoms with Crippen LogP contribution in [-0.4, -0.2) is 60.1 Å². The SMILES string of the molecule is COC(=O)C(C/C(=C/CC(C)(C)NC(=O)OCCc1ccccc1)C(=O)O)NC(=O)OC(C)(C)C. The predicted octanol–water partition coefficient (Wildman–Crippen LogP) is 3.59. The van der Waals surface area contributed by atoms with Crippen LogP contribution in [0.3, 0.4) is 0 Å². The van der Waals surface area contributed by atoms with Crippen molar-refractivity contribution in [3.8, 4) is 0 Å². The summed E-state index contributed by atoms with van der Waals surface area (Å²) in [7, 11) is 1.13. The molecule has 10 heteroatoms. The number of nitrogens with one attached hydrogen (secondary N) is 2. The Kier molecular flexibility index (Phi) is 11.2. The number of carbonyl (C=O) groups is 4. The molecule has 10 nitrogen and oxygen atoms in total. The Labute approximate surface area is 206 Å². The molecule has 0 aliphatic carbocycles. The van der Waals surface area contributed by atoms with Gasteiger partial charge in [-0.15, -0.1) is 0 Å². The lowest BCUT2D eigenvalue weighted by Gasteiger charge is -2.25. The number of esters is 1. The first kappa shape index (κ1) is 29.5. The van der Waals surface area contributed by atoms with E-state index in [1.807, 2.05) is 30.3 Å². The second-order valence-corrected chi connectivity index (χ2v) is 9.55. The molecule has 194 valence electrons. The number of carboxylic acids is 1. The third kappa shape index (κ3) is 12.5. The van der Waals surface area contributed by atoms with Crippen molar-refractivity contribution >= 4 is 24.1 Å². The number of methoxy groups -OCH3 is 1. The quantitative estimate of drug-likeness (QED) is 0.242. The highest BCUT2D eigenvalue weighted by Crippen LogP contribution is 2.16. The Morgan fingerprint density at radius 1 is 1.03 bits per heavy atom. The van der Waals surface area contributed by atoms with Crippen molar-refractivity contribution < 1.29 is 38.5 Å². The van der Waals surface area contributed by atoms with Gasteiger partial charge in [-0.2, -0.15) is 0 Å². The zero-order valence-electron chi connectivity index (χ0n) is 21.2. The van der Waals surface area contributed by atoms with Crippen molar-refractivity contribution in [2.45, 2.75) is 71.1 Å². The second-order valence-electron chi connectivity index (χ2n) is 9.55. The van der Waals surface area contributed by atoms with Crippen molar-refractivity contribution in [2.75, 3.05) is 13.7 Å². The molecule has 1 aromatic carbocycles. The van der Waals surface area contributed by atoms with Crippen LogP contribution in [-0.2, 0) is 30.2 Å². The van der Waals surface area contributed by atoms with Gasteiger partial charge in [0.15, 0.2) is 0 Å². The van der Waals surface area contributed by atoms with Gasteiger partial charge in [0.1, 0.15) is 11.6 Å². The third-order valence-electron chi connectivity index (χ3n) is 4.64. The van der Waals surface area contributed by atoms with E-state index in [1.54, 1.807) is 34.6 Å². The Hall–Kier alpha value is -3.56. The van der Waals surface area contributed by atoms with E-state index < -0.39 is 41.3 Å². The molecule has 0 fully saturated rings. The van der Waals surface area contributed by atoms with E-state index in [-0.39, 0.29) is 25.0 Å². The van der Waals surface area contributed by atoms with Gasteiger partial charge in [-0.05, 0) is 46.6 Å². The summed E-state index contributed by atoms with van der Waals surface area (Å²) in [4.78, 5) is 48.2. The molecule has 1 unspecified atom stereocenters. The molecule has 1 atom stereocenters. The molecule has 0 saturated heterocycles. The topological polar surface area (TPSA) is 140 Å². The minimum atomic E-state index is -1.27. The highest BCUT2D eigenvalue weighted by molar-refractivity contribution is 5.89. The van der Waals surface area contributed by atoms with Crippen LogP contribution in [0.5, 0.6) is 0 Å². The maximum absolute atomic E-state index is 12.2. The van der Waals surface area contributed by atoms with Gasteiger partial charge in [0.2, 0.25) is 0 Å². The second kappa shape index (κ2) is 13.4. The normalized spacial score (nSPS) is 12.8. The van der Waals surface area contributed by atoms with Crippen LogP contribution in [0.1, 0.15) is 53.0 Å². The molecule has 0 saturated carbocycles. The Morgan fingerprint density at radius 2 is 1.66 bits per heavy atom. The van der Waals surface area contributed by atoms with Gasteiger partial charge in [0.05, 0.1) is 13.7 Å². The number of ether oxygens (including phenoxy) is 3. The zero-order chi connectivity index (χ0) is 26.6. The molecule has 3 N–H and O–H groups in total. The predicted molar refractivity (Wildman–Crippen MR) is 129 cm³/mol. The van der Waals surface area contributed by atoms with E-state index in [0.717, 1.165) is 12.7 Å². The Balaban J connectivity index is 2.75. The summed E-state index contributed by atoms with van der Waals surface area (Å²) in [6, 6.07) is 8.30. The van der Waals surface area contributed by atoms with E-state index in [4.69, 9.17) is 9.47 Å². The average molecular weight is 493 g/mol. The fourth-order valence-corrected chi connectivity index (χ4v) is 2.91. The number of hydrogen-bond donors (Lipinski definition) is 3. The smallest absolute Gasteiger partial charge is 0.408 e. The van der Waals surface area contributed by atoms with Crippen LogP contribution >= 0.6 is 0 Å². The maximum Gasteiger partial charge on any atom is 0.408 e. The molecule has 0 radical (unpaired) electrons. The summed E-state index contributed by atoms with van der Waals surface area (Å²) in [5, 5.41) is 14.7. The van der Waals surface area contributed by atoms with Gasteiger partial charge in [0.25, 0.3) is 0 Å². The average Bonchev–Trinajstić information content (AvgIpc) is 2.74. The maximum atomic E-state index is 12.2. The van der Waals surface area contributed by atoms with Crippen molar-refractivity contribution in [1.29, 1.82) is 0 Å². The first-order valence-corrected chi connectivity index (χ1v) is 11.2. The van der Waals surface area contributed by atoms with Crippen LogP contribution in [0.15, 0.2) is 42.0 Å². The summed E-state index contributed by atoms with van der Waals surface area (Å²) in [6.45, 7) is 8.58. The molecule has 2 amide bonds. The fraction of sp³-hybridized carbons (Fsp3) is 0.520. The lowest BCUT2D eigenvalue weighted by molar-refractivity contribution is -0.143. The number of alkyl carbamates (subject to hydrolysis) is 2. The minimum Gasteiger partial charge on any atom is -0.478 e. The molecule has 0 aliphatic rings. The standard InChI is InChI=1S/C25H36N2O8/c1-24(2,3)35-22(31)26-19(21(30)33-6)16-18(20(28)29)12-14-25(4,5)27-23(32)34-15-13-17-10-8-7-9-11-17/h7-12,19H,13-16H2,1-6H3,(H,26,31)(H,27,32)(H,28,29)/b18-12-. The molecule has 1 aromatic rings. The lowest BCUT2D eigenvalue weighted by atomic mass is 9.96. The van der Waals surface area contributed by atoms with Gasteiger partial charge >= 0.3 is 24.1 Å². The summed E-state index contributed by atoms with van der Waals surface area (Å²) < 4.78 is 15.0. The van der Waals surface area contributed by atoms with Crippen molar-refractivity contribution in [3.05, 3.63) is 47.5 Å². The molecular weight excluding hydrogens is 456 g/mol. The number of aliphatic carboxylic acids is 1. The monoisotopic (exact) mass is 492 g/mol. The minimum absolute atomic E-state index is 0.128. The molecule has 0 aliphatic heterocycles. The lowest BCUT2D eigenvalue weighted by Crippen LogP contribution is -2.45. The summed E-state index contributed by atoms with van der Waals surface area (Å²) in [5.74, 6) is -2.09. The van der Waals surface area contributed by atoms with E-state index >= 15 is 0 Å². The van der Waals surface area contributed by atoms with Crippen molar-refractivity contribution in [3.63, 3.8) is 0 Å². The Bertz CT molecular complexity index is 904. The number of rotatable bonds is 11. The van der Waals surface area contributed by atoms with E-state index in [1.165, 1.54) is 6.08 Å². The molecule has 1 rings (SSSR count). The van der Waals surface area contributed by atoms with Gasteiger partial charge in [-0.3, -0.25) is 0 Å². The van der Waals surface area contributed by atoms with Gasteiger partial charge in [0, 0.05) is 24.0 Å². The molecule has 0 spiro atoms. The fourth-order valence-electron chi connectivity index (χ4n) is 2.91. The van der Waals surface area contributed by atoms with Crippen LogP contribution in [0.4, 0.5) is 9.59 Å². The Morgan fingerprint density at radius 3 is 2.20 bits per heavy atom. The molecular formula is C25H36N2O8. The molecule has 0 heterocycles. The highest BCUT2D eigenvalue weighted by Gasteiger charge is 2.28. The number of hydrogen-bond acceptors (Lipinski definition) is 7. The third-order valence-corrected chi connectivity index (χ3v) is 4.64. The summed E-state index contributed by atoms with van der Waals surface area (Å²) >= 11 is 0. The van der Waals surface area contributed by atoms with E-state index in [0.29, 0.717) is 6.42 Å².